The summed E-state index contributed by atoms with van der Waals surface area (Å²) in [6.07, 6.45) is 5.11. The van der Waals surface area contributed by atoms with Gasteiger partial charge in [-0.15, -0.1) is 5.10 Å². The van der Waals surface area contributed by atoms with Crippen molar-refractivity contribution in [3.63, 3.8) is 0 Å². The first-order valence-corrected chi connectivity index (χ1v) is 9.08. The van der Waals surface area contributed by atoms with Crippen molar-refractivity contribution in [1.29, 1.82) is 0 Å². The van der Waals surface area contributed by atoms with E-state index in [1.165, 1.54) is 6.26 Å². The maximum absolute atomic E-state index is 12.7. The smallest absolute Gasteiger partial charge is 0.278 e. The van der Waals surface area contributed by atoms with E-state index >= 15 is 0 Å². The number of carbonyl (C=O) groups is 1. The zero-order valence-corrected chi connectivity index (χ0v) is 15.4. The average molecular weight is 366 g/mol. The third-order valence-corrected chi connectivity index (χ3v) is 4.96. The monoisotopic (exact) mass is 366 g/mol. The van der Waals surface area contributed by atoms with Gasteiger partial charge < -0.3 is 15.1 Å². The zero-order valence-electron chi connectivity index (χ0n) is 15.4. The lowest BCUT2D eigenvalue weighted by Gasteiger charge is -2.23. The van der Waals surface area contributed by atoms with Gasteiger partial charge in [0.2, 0.25) is 5.89 Å². The number of aryl methyl sites for hydroxylation is 1. The molecule has 140 valence electrons. The molecule has 1 aliphatic rings. The molecule has 8 heteroatoms. The molecule has 0 radical (unpaired) electrons. The quantitative estimate of drug-likeness (QED) is 0.737. The first-order chi connectivity index (χ1) is 13.1. The second kappa shape index (κ2) is 7.32. The summed E-state index contributed by atoms with van der Waals surface area (Å²) in [7, 11) is 0. The van der Waals surface area contributed by atoms with Gasteiger partial charge in [0, 0.05) is 11.3 Å². The molecule has 1 saturated heterocycles. The first kappa shape index (κ1) is 17.4. The van der Waals surface area contributed by atoms with Gasteiger partial charge in [-0.25, -0.2) is 9.67 Å². The van der Waals surface area contributed by atoms with E-state index in [9.17, 15) is 4.79 Å². The number of carbonyl (C=O) groups excluding carboxylic acids is 1. The van der Waals surface area contributed by atoms with E-state index in [4.69, 9.17) is 4.42 Å². The molecule has 0 spiro atoms. The summed E-state index contributed by atoms with van der Waals surface area (Å²) in [6.45, 7) is 5.78. The minimum absolute atomic E-state index is 0.269. The summed E-state index contributed by atoms with van der Waals surface area (Å²) in [6, 6.07) is 5.92. The van der Waals surface area contributed by atoms with Crippen LogP contribution in [0.4, 0.5) is 5.69 Å². The standard InChI is InChI=1S/C19H22N6O2/c1-12-3-4-14(11-16(12)19-21-9-10-27-19)22-18(26)17-13(2)25(24-23-17)15-5-7-20-8-6-15/h3-4,9-11,15,20H,5-8H2,1-2H3,(H,22,26). The molecule has 1 aliphatic heterocycles. The Labute approximate surface area is 157 Å². The van der Waals surface area contributed by atoms with Crippen LogP contribution in [0.3, 0.4) is 0 Å². The molecule has 4 rings (SSSR count). The number of nitrogens with one attached hydrogen (secondary N) is 2. The van der Waals surface area contributed by atoms with Crippen LogP contribution in [0, 0.1) is 13.8 Å². The number of rotatable bonds is 4. The fourth-order valence-corrected chi connectivity index (χ4v) is 3.43. The van der Waals surface area contributed by atoms with Gasteiger partial charge in [0.15, 0.2) is 5.69 Å². The predicted octanol–water partition coefficient (Wildman–Crippen LogP) is 2.73. The molecule has 2 aromatic heterocycles. The molecule has 0 bridgehead atoms. The largest absolute Gasteiger partial charge is 0.445 e. The SMILES string of the molecule is Cc1ccc(NC(=O)c2nnn(C3CCNCC3)c2C)cc1-c1ncco1. The normalized spacial score (nSPS) is 15.0. The van der Waals surface area contributed by atoms with Crippen LogP contribution in [-0.2, 0) is 0 Å². The highest BCUT2D eigenvalue weighted by Crippen LogP contribution is 2.26. The number of oxazole rings is 1. The Hall–Kier alpha value is -3.00. The van der Waals surface area contributed by atoms with Gasteiger partial charge in [-0.3, -0.25) is 4.79 Å². The van der Waals surface area contributed by atoms with Crippen molar-refractivity contribution in [3.05, 3.63) is 47.6 Å². The highest BCUT2D eigenvalue weighted by Gasteiger charge is 2.23. The van der Waals surface area contributed by atoms with Crippen LogP contribution < -0.4 is 10.6 Å². The van der Waals surface area contributed by atoms with Crippen molar-refractivity contribution >= 4 is 11.6 Å². The van der Waals surface area contributed by atoms with Crippen LogP contribution in [0.5, 0.6) is 0 Å². The van der Waals surface area contributed by atoms with Crippen molar-refractivity contribution in [2.45, 2.75) is 32.7 Å². The lowest BCUT2D eigenvalue weighted by Crippen LogP contribution is -2.30. The molecule has 27 heavy (non-hydrogen) atoms. The molecule has 1 aromatic carbocycles. The Morgan fingerprint density at radius 3 is 2.85 bits per heavy atom. The van der Waals surface area contributed by atoms with Crippen molar-refractivity contribution in [3.8, 4) is 11.5 Å². The van der Waals surface area contributed by atoms with Crippen LogP contribution >= 0.6 is 0 Å². The Balaban J connectivity index is 1.55. The Morgan fingerprint density at radius 1 is 1.30 bits per heavy atom. The van der Waals surface area contributed by atoms with Crippen molar-refractivity contribution in [2.24, 2.45) is 0 Å². The van der Waals surface area contributed by atoms with E-state index in [2.05, 4.69) is 25.9 Å². The molecule has 2 N–H and O–H groups in total. The molecule has 0 aliphatic carbocycles. The fourth-order valence-electron chi connectivity index (χ4n) is 3.43. The van der Waals surface area contributed by atoms with Gasteiger partial charge >= 0.3 is 0 Å². The number of benzene rings is 1. The van der Waals surface area contributed by atoms with Gasteiger partial charge in [0.25, 0.3) is 5.91 Å². The molecule has 0 unspecified atom stereocenters. The number of nitrogens with zero attached hydrogens (tertiary/aromatic N) is 4. The first-order valence-electron chi connectivity index (χ1n) is 9.08. The lowest BCUT2D eigenvalue weighted by atomic mass is 10.1. The van der Waals surface area contributed by atoms with Crippen LogP contribution in [0.1, 0.15) is 40.6 Å². The minimum atomic E-state index is -0.269. The maximum atomic E-state index is 12.7. The van der Waals surface area contributed by atoms with Gasteiger partial charge in [-0.1, -0.05) is 11.3 Å². The van der Waals surface area contributed by atoms with Crippen LogP contribution in [0.25, 0.3) is 11.5 Å². The number of piperidine rings is 1. The molecule has 0 atom stereocenters. The summed E-state index contributed by atoms with van der Waals surface area (Å²) < 4.78 is 7.26. The summed E-state index contributed by atoms with van der Waals surface area (Å²) in [5, 5.41) is 14.6. The van der Waals surface area contributed by atoms with Crippen molar-refractivity contribution in [2.75, 3.05) is 18.4 Å². The number of hydrogen-bond acceptors (Lipinski definition) is 6. The summed E-state index contributed by atoms with van der Waals surface area (Å²) in [4.78, 5) is 16.9. The van der Waals surface area contributed by atoms with E-state index in [0.717, 1.165) is 42.8 Å². The number of hydrogen-bond donors (Lipinski definition) is 2. The van der Waals surface area contributed by atoms with Crippen molar-refractivity contribution < 1.29 is 9.21 Å². The van der Waals surface area contributed by atoms with Gasteiger partial charge in [0.1, 0.15) is 6.26 Å². The third kappa shape index (κ3) is 3.48. The van der Waals surface area contributed by atoms with Gasteiger partial charge in [-0.05, 0) is 57.5 Å². The second-order valence-corrected chi connectivity index (χ2v) is 6.77. The Kier molecular flexibility index (Phi) is 4.72. The topological polar surface area (TPSA) is 97.9 Å². The molecule has 3 aromatic rings. The molecular formula is C19H22N6O2. The Morgan fingerprint density at radius 2 is 2.11 bits per heavy atom. The summed E-state index contributed by atoms with van der Waals surface area (Å²) in [5.74, 6) is 0.256. The zero-order chi connectivity index (χ0) is 18.8. The predicted molar refractivity (Wildman–Crippen MR) is 101 cm³/mol. The molecule has 3 heterocycles. The third-order valence-electron chi connectivity index (χ3n) is 4.96. The van der Waals surface area contributed by atoms with Gasteiger partial charge in [0.05, 0.1) is 17.9 Å². The molecule has 1 amide bonds. The second-order valence-electron chi connectivity index (χ2n) is 6.77. The maximum Gasteiger partial charge on any atom is 0.278 e. The highest BCUT2D eigenvalue weighted by molar-refractivity contribution is 6.03. The number of amides is 1. The molecule has 8 nitrogen and oxygen atoms in total. The fraction of sp³-hybridized carbons (Fsp3) is 0.368. The van der Waals surface area contributed by atoms with Crippen LogP contribution in [0.15, 0.2) is 35.1 Å². The molecule has 1 fully saturated rings. The number of anilines is 1. The lowest BCUT2D eigenvalue weighted by molar-refractivity contribution is 0.102. The Bertz CT molecular complexity index is 941. The minimum Gasteiger partial charge on any atom is -0.445 e. The van der Waals surface area contributed by atoms with E-state index in [0.29, 0.717) is 17.3 Å². The summed E-state index contributed by atoms with van der Waals surface area (Å²) in [5.41, 5.74) is 3.66. The molecule has 0 saturated carbocycles. The summed E-state index contributed by atoms with van der Waals surface area (Å²) >= 11 is 0. The van der Waals surface area contributed by atoms with Gasteiger partial charge in [-0.2, -0.15) is 0 Å². The number of aromatic nitrogens is 4. The van der Waals surface area contributed by atoms with Crippen LogP contribution in [0.2, 0.25) is 0 Å². The van der Waals surface area contributed by atoms with E-state index in [1.54, 1.807) is 6.20 Å². The molecular weight excluding hydrogens is 344 g/mol. The van der Waals surface area contributed by atoms with E-state index in [1.807, 2.05) is 36.7 Å². The average Bonchev–Trinajstić information content (AvgIpc) is 3.34. The van der Waals surface area contributed by atoms with E-state index in [-0.39, 0.29) is 11.9 Å². The van der Waals surface area contributed by atoms with Crippen molar-refractivity contribution in [1.82, 2.24) is 25.3 Å². The van der Waals surface area contributed by atoms with E-state index < -0.39 is 0 Å². The van der Waals surface area contributed by atoms with Crippen LogP contribution in [-0.4, -0.2) is 39.0 Å². The highest BCUT2D eigenvalue weighted by atomic mass is 16.3.